The first-order chi connectivity index (χ1) is 13.3. The molecule has 2 saturated carbocycles. The molecule has 2 unspecified atom stereocenters. The fraction of sp³-hybridized carbons (Fsp3) is 0.952. The van der Waals surface area contributed by atoms with Crippen LogP contribution in [0.15, 0.2) is 4.99 Å². The number of rotatable bonds is 8. The Morgan fingerprint density at radius 1 is 1.14 bits per heavy atom. The molecule has 2 N–H and O–H groups in total. The molecular formula is C21H40IN3O3. The summed E-state index contributed by atoms with van der Waals surface area (Å²) in [5, 5.41) is 7.16. The second-order valence-corrected chi connectivity index (χ2v) is 8.21. The molecule has 3 fully saturated rings. The van der Waals surface area contributed by atoms with Gasteiger partial charge in [0.15, 0.2) is 5.96 Å². The number of nitrogens with one attached hydrogen (secondary N) is 2. The molecule has 6 nitrogen and oxygen atoms in total. The van der Waals surface area contributed by atoms with Crippen LogP contribution < -0.4 is 10.6 Å². The normalized spacial score (nSPS) is 27.7. The lowest BCUT2D eigenvalue weighted by Gasteiger charge is -2.57. The van der Waals surface area contributed by atoms with E-state index in [4.69, 9.17) is 14.2 Å². The van der Waals surface area contributed by atoms with Crippen LogP contribution in [0.5, 0.6) is 0 Å². The van der Waals surface area contributed by atoms with Crippen molar-refractivity contribution in [2.75, 3.05) is 40.0 Å². The van der Waals surface area contributed by atoms with E-state index in [9.17, 15) is 0 Å². The van der Waals surface area contributed by atoms with E-state index < -0.39 is 0 Å². The predicted octanol–water partition coefficient (Wildman–Crippen LogP) is 3.48. The fourth-order valence-electron chi connectivity index (χ4n) is 5.00. The Morgan fingerprint density at radius 3 is 2.57 bits per heavy atom. The van der Waals surface area contributed by atoms with Gasteiger partial charge in [-0.1, -0.05) is 19.3 Å². The molecule has 3 aliphatic rings. The van der Waals surface area contributed by atoms with E-state index in [2.05, 4.69) is 22.5 Å². The van der Waals surface area contributed by atoms with E-state index in [0.717, 1.165) is 64.6 Å². The maximum atomic E-state index is 6.06. The molecule has 0 radical (unpaired) electrons. The molecular weight excluding hydrogens is 469 g/mol. The third kappa shape index (κ3) is 6.19. The zero-order valence-electron chi connectivity index (χ0n) is 17.7. The summed E-state index contributed by atoms with van der Waals surface area (Å²) in [6, 6.07) is 0.485. The van der Waals surface area contributed by atoms with Crippen molar-refractivity contribution in [3.05, 3.63) is 0 Å². The first kappa shape index (κ1) is 24.2. The third-order valence-electron chi connectivity index (χ3n) is 6.61. The molecule has 1 saturated heterocycles. The Balaban J connectivity index is 0.00000280. The van der Waals surface area contributed by atoms with Gasteiger partial charge < -0.3 is 24.8 Å². The van der Waals surface area contributed by atoms with E-state index >= 15 is 0 Å². The molecule has 0 bridgehead atoms. The molecule has 7 heteroatoms. The number of hydrogen-bond donors (Lipinski definition) is 2. The van der Waals surface area contributed by atoms with Gasteiger partial charge in [-0.3, -0.25) is 4.99 Å². The molecule has 0 aromatic heterocycles. The average Bonchev–Trinajstić information content (AvgIpc) is 2.72. The number of guanidine groups is 1. The van der Waals surface area contributed by atoms with Gasteiger partial charge >= 0.3 is 0 Å². The van der Waals surface area contributed by atoms with Crippen LogP contribution in [0.2, 0.25) is 0 Å². The highest BCUT2D eigenvalue weighted by atomic mass is 127. The van der Waals surface area contributed by atoms with Crippen molar-refractivity contribution in [2.45, 2.75) is 83.0 Å². The lowest BCUT2D eigenvalue weighted by atomic mass is 9.55. The zero-order chi connectivity index (χ0) is 19.0. The van der Waals surface area contributed by atoms with Crippen molar-refractivity contribution in [3.63, 3.8) is 0 Å². The minimum absolute atomic E-state index is 0. The summed E-state index contributed by atoms with van der Waals surface area (Å²) in [4.78, 5) is 4.44. The van der Waals surface area contributed by atoms with E-state index in [1.165, 1.54) is 32.1 Å². The lowest BCUT2D eigenvalue weighted by molar-refractivity contribution is -0.145. The molecule has 0 amide bonds. The Labute approximate surface area is 188 Å². The molecule has 1 heterocycles. The predicted molar refractivity (Wildman–Crippen MR) is 124 cm³/mol. The molecule has 1 spiro atoms. The van der Waals surface area contributed by atoms with Crippen LogP contribution in [0.25, 0.3) is 0 Å². The largest absolute Gasteiger partial charge is 0.381 e. The minimum Gasteiger partial charge on any atom is -0.381 e. The van der Waals surface area contributed by atoms with E-state index in [-0.39, 0.29) is 24.0 Å². The Hall–Kier alpha value is -0.120. The van der Waals surface area contributed by atoms with E-state index in [0.29, 0.717) is 23.7 Å². The van der Waals surface area contributed by atoms with Crippen molar-refractivity contribution < 1.29 is 14.2 Å². The van der Waals surface area contributed by atoms with E-state index in [1.54, 1.807) is 0 Å². The summed E-state index contributed by atoms with van der Waals surface area (Å²) in [5.74, 6) is 0.922. The van der Waals surface area contributed by atoms with Crippen LogP contribution >= 0.6 is 24.0 Å². The fourth-order valence-corrected chi connectivity index (χ4v) is 5.00. The van der Waals surface area contributed by atoms with Crippen molar-refractivity contribution in [2.24, 2.45) is 10.4 Å². The summed E-state index contributed by atoms with van der Waals surface area (Å²) in [5.41, 5.74) is 0.318. The molecule has 0 aromatic carbocycles. The quantitative estimate of drug-likeness (QED) is 0.227. The topological polar surface area (TPSA) is 64.1 Å². The Kier molecular flexibility index (Phi) is 10.8. The second-order valence-electron chi connectivity index (χ2n) is 8.21. The third-order valence-corrected chi connectivity index (χ3v) is 6.61. The van der Waals surface area contributed by atoms with Gasteiger partial charge in [0.2, 0.25) is 0 Å². The van der Waals surface area contributed by atoms with Gasteiger partial charge in [0.1, 0.15) is 0 Å². The van der Waals surface area contributed by atoms with Gasteiger partial charge in [0, 0.05) is 51.5 Å². The molecule has 3 rings (SSSR count). The van der Waals surface area contributed by atoms with Crippen LogP contribution in [0.1, 0.15) is 64.7 Å². The van der Waals surface area contributed by atoms with Crippen LogP contribution in [-0.2, 0) is 14.2 Å². The summed E-state index contributed by atoms with van der Waals surface area (Å²) in [6.45, 7) is 6.29. The summed E-state index contributed by atoms with van der Waals surface area (Å²) >= 11 is 0. The SMILES string of the molecule is CCOC1CC(NC(=NC)NCCCOC2CCOCC2)C12CCCCC2.I. The van der Waals surface area contributed by atoms with Crippen molar-refractivity contribution in [1.29, 1.82) is 0 Å². The molecule has 28 heavy (non-hydrogen) atoms. The number of halogens is 1. The Morgan fingerprint density at radius 2 is 1.89 bits per heavy atom. The van der Waals surface area contributed by atoms with E-state index in [1.807, 2.05) is 7.05 Å². The monoisotopic (exact) mass is 509 g/mol. The number of ether oxygens (including phenoxy) is 3. The van der Waals surface area contributed by atoms with Gasteiger partial charge in [-0.15, -0.1) is 24.0 Å². The van der Waals surface area contributed by atoms with Crippen LogP contribution in [-0.4, -0.2) is 64.2 Å². The van der Waals surface area contributed by atoms with Crippen molar-refractivity contribution in [3.8, 4) is 0 Å². The molecule has 2 atom stereocenters. The molecule has 2 aliphatic carbocycles. The van der Waals surface area contributed by atoms with Gasteiger partial charge in [-0.25, -0.2) is 0 Å². The molecule has 164 valence electrons. The van der Waals surface area contributed by atoms with Crippen molar-refractivity contribution >= 4 is 29.9 Å². The first-order valence-corrected chi connectivity index (χ1v) is 11.1. The number of nitrogens with zero attached hydrogens (tertiary/aromatic N) is 1. The average molecular weight is 509 g/mol. The first-order valence-electron chi connectivity index (χ1n) is 11.1. The standard InChI is InChI=1S/C21H39N3O3.HI/c1-3-26-19-16-18(21(19)10-5-4-6-11-21)24-20(22-2)23-12-7-13-27-17-8-14-25-15-9-17;/h17-19H,3-16H2,1-2H3,(H2,22,23,24);1H. The van der Waals surface area contributed by atoms with Crippen LogP contribution in [0.3, 0.4) is 0 Å². The second kappa shape index (κ2) is 12.5. The lowest BCUT2D eigenvalue weighted by Crippen LogP contribution is -2.66. The van der Waals surface area contributed by atoms with Gasteiger partial charge in [-0.05, 0) is 45.4 Å². The van der Waals surface area contributed by atoms with Gasteiger partial charge in [0.05, 0.1) is 12.2 Å². The maximum Gasteiger partial charge on any atom is 0.191 e. The molecule has 0 aromatic rings. The zero-order valence-corrected chi connectivity index (χ0v) is 20.0. The highest BCUT2D eigenvalue weighted by Crippen LogP contribution is 2.53. The van der Waals surface area contributed by atoms with Crippen LogP contribution in [0.4, 0.5) is 0 Å². The van der Waals surface area contributed by atoms with Gasteiger partial charge in [0.25, 0.3) is 0 Å². The highest BCUT2D eigenvalue weighted by Gasteiger charge is 2.55. The number of aliphatic imine (C=N–C) groups is 1. The maximum absolute atomic E-state index is 6.06. The highest BCUT2D eigenvalue weighted by molar-refractivity contribution is 14.0. The minimum atomic E-state index is 0. The number of hydrogen-bond acceptors (Lipinski definition) is 4. The van der Waals surface area contributed by atoms with Crippen LogP contribution in [0, 0.1) is 5.41 Å². The molecule has 1 aliphatic heterocycles. The summed E-state index contributed by atoms with van der Waals surface area (Å²) in [6.07, 6.45) is 11.6. The summed E-state index contributed by atoms with van der Waals surface area (Å²) in [7, 11) is 1.86. The smallest absolute Gasteiger partial charge is 0.191 e. The van der Waals surface area contributed by atoms with Crippen molar-refractivity contribution in [1.82, 2.24) is 10.6 Å². The Bertz CT molecular complexity index is 466. The van der Waals surface area contributed by atoms with Gasteiger partial charge in [-0.2, -0.15) is 0 Å². The summed E-state index contributed by atoms with van der Waals surface area (Å²) < 4.78 is 17.4.